The number of rotatable bonds is 2. The van der Waals surface area contributed by atoms with Gasteiger partial charge in [-0.3, -0.25) is 0 Å². The molecule has 0 radical (unpaired) electrons. The molecule has 1 aliphatic heterocycles. The van der Waals surface area contributed by atoms with Crippen LogP contribution in [0.25, 0.3) is 16.9 Å². The van der Waals surface area contributed by atoms with Crippen molar-refractivity contribution >= 4 is 17.0 Å². The molecule has 0 amide bonds. The minimum atomic E-state index is 0.171. The quantitative estimate of drug-likeness (QED) is 0.723. The standard InChI is InChI=1S/C16H20N8/c1-10-19-5-4-12(22-10)13-7-14(23-6-2-3-11(17)8-23)15-16(18)20-9-21-24(13)15/h4-5,7,9,11H,2-3,6,8,17H2,1H3,(H2,18,20,21)/t11-/m1/s1. The molecule has 4 heterocycles. The molecule has 24 heavy (non-hydrogen) atoms. The van der Waals surface area contributed by atoms with Gasteiger partial charge in [0.1, 0.15) is 17.7 Å². The Hall–Kier alpha value is -2.74. The average molecular weight is 324 g/mol. The second kappa shape index (κ2) is 5.72. The van der Waals surface area contributed by atoms with Crippen molar-refractivity contribution in [3.63, 3.8) is 0 Å². The fraction of sp³-hybridized carbons (Fsp3) is 0.375. The SMILES string of the molecule is Cc1nccc(-c2cc(N3CCC[C@@H](N)C3)c3c(N)ncnn23)n1. The smallest absolute Gasteiger partial charge is 0.153 e. The van der Waals surface area contributed by atoms with E-state index in [-0.39, 0.29) is 6.04 Å². The molecule has 0 unspecified atom stereocenters. The molecule has 0 bridgehead atoms. The van der Waals surface area contributed by atoms with Crippen molar-refractivity contribution in [1.29, 1.82) is 0 Å². The number of aromatic nitrogens is 5. The molecule has 1 aliphatic rings. The lowest BCUT2D eigenvalue weighted by Crippen LogP contribution is -2.42. The number of piperidine rings is 1. The van der Waals surface area contributed by atoms with Gasteiger partial charge in [0, 0.05) is 25.3 Å². The zero-order valence-corrected chi connectivity index (χ0v) is 13.6. The molecule has 8 nitrogen and oxygen atoms in total. The van der Waals surface area contributed by atoms with Gasteiger partial charge in [-0.1, -0.05) is 0 Å². The first-order valence-electron chi connectivity index (χ1n) is 8.06. The lowest BCUT2D eigenvalue weighted by Gasteiger charge is -2.32. The highest BCUT2D eigenvalue weighted by Crippen LogP contribution is 2.34. The summed E-state index contributed by atoms with van der Waals surface area (Å²) in [5.74, 6) is 1.17. The van der Waals surface area contributed by atoms with E-state index in [1.165, 1.54) is 6.33 Å². The van der Waals surface area contributed by atoms with Crippen molar-refractivity contribution in [1.82, 2.24) is 24.6 Å². The number of anilines is 2. The first-order chi connectivity index (χ1) is 11.6. The van der Waals surface area contributed by atoms with Crippen LogP contribution >= 0.6 is 0 Å². The van der Waals surface area contributed by atoms with Crippen LogP contribution in [0.15, 0.2) is 24.7 Å². The summed E-state index contributed by atoms with van der Waals surface area (Å²) in [6, 6.07) is 4.11. The largest absolute Gasteiger partial charge is 0.382 e. The Kier molecular flexibility index (Phi) is 3.53. The summed E-state index contributed by atoms with van der Waals surface area (Å²) in [6.45, 7) is 3.62. The molecule has 0 aliphatic carbocycles. The average Bonchev–Trinajstić information content (AvgIpc) is 2.96. The van der Waals surface area contributed by atoms with Gasteiger partial charge in [0.2, 0.25) is 0 Å². The van der Waals surface area contributed by atoms with Crippen LogP contribution in [-0.2, 0) is 0 Å². The molecule has 1 saturated heterocycles. The van der Waals surface area contributed by atoms with Crippen LogP contribution in [0.1, 0.15) is 18.7 Å². The fourth-order valence-electron chi connectivity index (χ4n) is 3.30. The molecule has 124 valence electrons. The summed E-state index contributed by atoms with van der Waals surface area (Å²) in [4.78, 5) is 15.1. The molecule has 0 aromatic carbocycles. The van der Waals surface area contributed by atoms with E-state index >= 15 is 0 Å². The molecular formula is C16H20N8. The van der Waals surface area contributed by atoms with E-state index in [1.807, 2.05) is 13.0 Å². The maximum atomic E-state index is 6.16. The topological polar surface area (TPSA) is 111 Å². The monoisotopic (exact) mass is 324 g/mol. The lowest BCUT2D eigenvalue weighted by atomic mass is 10.1. The molecule has 1 fully saturated rings. The predicted molar refractivity (Wildman–Crippen MR) is 92.6 cm³/mol. The minimum Gasteiger partial charge on any atom is -0.382 e. The third-order valence-electron chi connectivity index (χ3n) is 4.40. The zero-order chi connectivity index (χ0) is 16.7. The maximum absolute atomic E-state index is 6.16. The van der Waals surface area contributed by atoms with E-state index in [4.69, 9.17) is 11.5 Å². The minimum absolute atomic E-state index is 0.171. The number of nitrogen functional groups attached to an aromatic ring is 1. The molecule has 3 aromatic heterocycles. The summed E-state index contributed by atoms with van der Waals surface area (Å²) in [6.07, 6.45) is 5.32. The summed E-state index contributed by atoms with van der Waals surface area (Å²) >= 11 is 0. The van der Waals surface area contributed by atoms with Crippen molar-refractivity contribution in [2.45, 2.75) is 25.8 Å². The van der Waals surface area contributed by atoms with Crippen LogP contribution in [-0.4, -0.2) is 43.7 Å². The molecule has 4 rings (SSSR count). The van der Waals surface area contributed by atoms with Crippen molar-refractivity contribution in [2.24, 2.45) is 5.73 Å². The molecule has 3 aromatic rings. The number of aryl methyl sites for hydroxylation is 1. The van der Waals surface area contributed by atoms with Gasteiger partial charge in [0.25, 0.3) is 0 Å². The number of nitrogens with two attached hydrogens (primary N) is 2. The normalized spacial score (nSPS) is 18.2. The van der Waals surface area contributed by atoms with Crippen molar-refractivity contribution in [2.75, 3.05) is 23.7 Å². The van der Waals surface area contributed by atoms with Gasteiger partial charge in [-0.2, -0.15) is 5.10 Å². The Labute approximate surface area is 139 Å². The van der Waals surface area contributed by atoms with Crippen molar-refractivity contribution in [3.05, 3.63) is 30.5 Å². The van der Waals surface area contributed by atoms with E-state index in [0.29, 0.717) is 11.6 Å². The Bertz CT molecular complexity index is 887. The van der Waals surface area contributed by atoms with Crippen molar-refractivity contribution < 1.29 is 0 Å². The first-order valence-corrected chi connectivity index (χ1v) is 8.06. The third kappa shape index (κ3) is 2.44. The summed E-state index contributed by atoms with van der Waals surface area (Å²) in [5, 5.41) is 4.39. The van der Waals surface area contributed by atoms with Crippen LogP contribution in [0.2, 0.25) is 0 Å². The maximum Gasteiger partial charge on any atom is 0.153 e. The molecular weight excluding hydrogens is 304 g/mol. The number of fused-ring (bicyclic) bond motifs is 1. The number of nitrogens with zero attached hydrogens (tertiary/aromatic N) is 6. The highest BCUT2D eigenvalue weighted by atomic mass is 15.3. The lowest BCUT2D eigenvalue weighted by molar-refractivity contribution is 0.507. The van der Waals surface area contributed by atoms with Gasteiger partial charge in [0.15, 0.2) is 5.82 Å². The molecule has 0 spiro atoms. The second-order valence-electron chi connectivity index (χ2n) is 6.16. The fourth-order valence-corrected chi connectivity index (χ4v) is 3.30. The summed E-state index contributed by atoms with van der Waals surface area (Å²) in [7, 11) is 0. The Balaban J connectivity index is 1.91. The molecule has 1 atom stereocenters. The van der Waals surface area contributed by atoms with E-state index < -0.39 is 0 Å². The van der Waals surface area contributed by atoms with Crippen LogP contribution in [0, 0.1) is 6.92 Å². The van der Waals surface area contributed by atoms with Crippen LogP contribution in [0.5, 0.6) is 0 Å². The predicted octanol–water partition coefficient (Wildman–Crippen LogP) is 1.00. The van der Waals surface area contributed by atoms with Gasteiger partial charge in [-0.05, 0) is 31.9 Å². The van der Waals surface area contributed by atoms with E-state index in [0.717, 1.165) is 48.5 Å². The number of hydrogen-bond acceptors (Lipinski definition) is 7. The Morgan fingerprint density at radius 3 is 2.96 bits per heavy atom. The summed E-state index contributed by atoms with van der Waals surface area (Å²) < 4.78 is 1.81. The van der Waals surface area contributed by atoms with Crippen LogP contribution < -0.4 is 16.4 Å². The zero-order valence-electron chi connectivity index (χ0n) is 13.6. The first kappa shape index (κ1) is 14.8. The highest BCUT2D eigenvalue weighted by Gasteiger charge is 2.23. The highest BCUT2D eigenvalue weighted by molar-refractivity contribution is 5.88. The molecule has 4 N–H and O–H groups in total. The van der Waals surface area contributed by atoms with Crippen LogP contribution in [0.4, 0.5) is 11.5 Å². The van der Waals surface area contributed by atoms with E-state index in [2.05, 4.69) is 31.0 Å². The van der Waals surface area contributed by atoms with Gasteiger partial charge < -0.3 is 16.4 Å². The van der Waals surface area contributed by atoms with Gasteiger partial charge in [-0.15, -0.1) is 0 Å². The van der Waals surface area contributed by atoms with Crippen LogP contribution in [0.3, 0.4) is 0 Å². The number of hydrogen-bond donors (Lipinski definition) is 2. The van der Waals surface area contributed by atoms with Gasteiger partial charge >= 0.3 is 0 Å². The summed E-state index contributed by atoms with van der Waals surface area (Å²) in [5.41, 5.74) is 15.8. The third-order valence-corrected chi connectivity index (χ3v) is 4.40. The van der Waals surface area contributed by atoms with E-state index in [9.17, 15) is 0 Å². The Morgan fingerprint density at radius 2 is 2.17 bits per heavy atom. The molecule has 8 heteroatoms. The van der Waals surface area contributed by atoms with Gasteiger partial charge in [-0.25, -0.2) is 19.5 Å². The second-order valence-corrected chi connectivity index (χ2v) is 6.16. The van der Waals surface area contributed by atoms with Crippen molar-refractivity contribution in [3.8, 4) is 11.4 Å². The molecule has 0 saturated carbocycles. The van der Waals surface area contributed by atoms with Gasteiger partial charge in [0.05, 0.1) is 17.1 Å². The Morgan fingerprint density at radius 1 is 1.29 bits per heavy atom. The van der Waals surface area contributed by atoms with E-state index in [1.54, 1.807) is 10.7 Å².